The molecule has 2 heteroatoms. The molecule has 1 aromatic heterocycles. The Morgan fingerprint density at radius 3 is 2.73 bits per heavy atom. The molecule has 0 saturated heterocycles. The number of nitrogens with two attached hydrogens (primary N) is 1. The number of hydrogen-bond acceptors (Lipinski definition) is 2. The Balaban J connectivity index is 2.28. The van der Waals surface area contributed by atoms with Gasteiger partial charge in [-0.2, -0.15) is 0 Å². The Labute approximate surface area is 91.9 Å². The van der Waals surface area contributed by atoms with Crippen molar-refractivity contribution in [1.82, 2.24) is 4.98 Å². The molecule has 0 aliphatic heterocycles. The number of hydrogen-bond donors (Lipinski definition) is 1. The molecule has 15 heavy (non-hydrogen) atoms. The molecule has 1 atom stereocenters. The van der Waals surface area contributed by atoms with E-state index in [-0.39, 0.29) is 0 Å². The van der Waals surface area contributed by atoms with E-state index in [1.807, 2.05) is 6.20 Å². The fourth-order valence-electron chi connectivity index (χ4n) is 2.45. The fourth-order valence-corrected chi connectivity index (χ4v) is 2.45. The molecule has 82 valence electrons. The molecule has 2 rings (SSSR count). The largest absolute Gasteiger partial charge is 0.397 e. The summed E-state index contributed by atoms with van der Waals surface area (Å²) in [5.41, 5.74) is 9.90. The van der Waals surface area contributed by atoms with E-state index >= 15 is 0 Å². The number of fused-ring (bicyclic) bond motifs is 1. The lowest BCUT2D eigenvalue weighted by molar-refractivity contribution is 0.216. The minimum Gasteiger partial charge on any atom is -0.397 e. The molecular weight excluding hydrogens is 184 g/mol. The fraction of sp³-hybridized carbons (Fsp3) is 0.615. The van der Waals surface area contributed by atoms with E-state index in [4.69, 9.17) is 5.73 Å². The summed E-state index contributed by atoms with van der Waals surface area (Å²) in [4.78, 5) is 4.19. The van der Waals surface area contributed by atoms with Crippen molar-refractivity contribution >= 4 is 5.69 Å². The minimum atomic E-state index is 0.391. The molecule has 1 unspecified atom stereocenters. The highest BCUT2D eigenvalue weighted by Crippen LogP contribution is 2.38. The Morgan fingerprint density at radius 2 is 2.07 bits per heavy atom. The summed E-state index contributed by atoms with van der Waals surface area (Å²) in [5.74, 6) is 0.758. The van der Waals surface area contributed by atoms with Crippen LogP contribution in [0.2, 0.25) is 0 Å². The molecule has 0 radical (unpaired) electrons. The van der Waals surface area contributed by atoms with Gasteiger partial charge in [-0.05, 0) is 41.7 Å². The first-order chi connectivity index (χ1) is 6.98. The molecule has 0 saturated carbocycles. The van der Waals surface area contributed by atoms with E-state index in [0.717, 1.165) is 24.4 Å². The molecule has 0 bridgehead atoms. The van der Waals surface area contributed by atoms with Crippen molar-refractivity contribution < 1.29 is 0 Å². The zero-order valence-corrected chi connectivity index (χ0v) is 9.88. The highest BCUT2D eigenvalue weighted by atomic mass is 14.7. The number of pyridine rings is 1. The van der Waals surface area contributed by atoms with Gasteiger partial charge >= 0.3 is 0 Å². The zero-order valence-electron chi connectivity index (χ0n) is 9.88. The third-order valence-electron chi connectivity index (χ3n) is 3.61. The van der Waals surface area contributed by atoms with Crippen LogP contribution < -0.4 is 5.73 Å². The summed E-state index contributed by atoms with van der Waals surface area (Å²) in [6.07, 6.45) is 7.27. The first-order valence-corrected chi connectivity index (χ1v) is 5.69. The lowest BCUT2D eigenvalue weighted by Gasteiger charge is -2.35. The van der Waals surface area contributed by atoms with Crippen LogP contribution in [0.3, 0.4) is 0 Å². The lowest BCUT2D eigenvalue weighted by Crippen LogP contribution is -2.27. The van der Waals surface area contributed by atoms with Crippen molar-refractivity contribution in [2.24, 2.45) is 11.3 Å². The summed E-state index contributed by atoms with van der Waals surface area (Å²) in [7, 11) is 0. The van der Waals surface area contributed by atoms with Crippen LogP contribution in [0, 0.1) is 11.3 Å². The third-order valence-corrected chi connectivity index (χ3v) is 3.61. The van der Waals surface area contributed by atoms with Gasteiger partial charge < -0.3 is 5.73 Å². The molecule has 0 amide bonds. The second kappa shape index (κ2) is 3.51. The summed E-state index contributed by atoms with van der Waals surface area (Å²) in [5, 5.41) is 0. The van der Waals surface area contributed by atoms with Gasteiger partial charge in [0.1, 0.15) is 0 Å². The van der Waals surface area contributed by atoms with Crippen LogP contribution in [0.4, 0.5) is 5.69 Å². The molecule has 1 heterocycles. The molecule has 2 N–H and O–H groups in total. The van der Waals surface area contributed by atoms with Crippen LogP contribution in [0.25, 0.3) is 0 Å². The van der Waals surface area contributed by atoms with Gasteiger partial charge in [0, 0.05) is 6.20 Å². The van der Waals surface area contributed by atoms with Crippen molar-refractivity contribution in [2.45, 2.75) is 40.0 Å². The van der Waals surface area contributed by atoms with E-state index in [9.17, 15) is 0 Å². The third kappa shape index (κ3) is 1.99. The lowest BCUT2D eigenvalue weighted by atomic mass is 9.71. The SMILES string of the molecule is CC(C)(C)C1CCc2c(N)cncc2C1. The summed E-state index contributed by atoms with van der Waals surface area (Å²) < 4.78 is 0. The van der Waals surface area contributed by atoms with Gasteiger partial charge in [0.05, 0.1) is 11.9 Å². The smallest absolute Gasteiger partial charge is 0.0535 e. The maximum absolute atomic E-state index is 5.93. The van der Waals surface area contributed by atoms with Crippen molar-refractivity contribution in [3.05, 3.63) is 23.5 Å². The first kappa shape index (κ1) is 10.5. The summed E-state index contributed by atoms with van der Waals surface area (Å²) >= 11 is 0. The van der Waals surface area contributed by atoms with Crippen LogP contribution in [0.5, 0.6) is 0 Å². The molecule has 0 fully saturated rings. The maximum atomic E-state index is 5.93. The molecule has 1 aromatic rings. The van der Waals surface area contributed by atoms with Crippen molar-refractivity contribution in [1.29, 1.82) is 0 Å². The number of nitrogen functional groups attached to an aromatic ring is 1. The van der Waals surface area contributed by atoms with E-state index in [2.05, 4.69) is 25.8 Å². The van der Waals surface area contributed by atoms with Crippen LogP contribution in [-0.4, -0.2) is 4.98 Å². The monoisotopic (exact) mass is 204 g/mol. The number of nitrogens with zero attached hydrogens (tertiary/aromatic N) is 1. The van der Waals surface area contributed by atoms with Gasteiger partial charge in [0.15, 0.2) is 0 Å². The van der Waals surface area contributed by atoms with Crippen LogP contribution in [0.15, 0.2) is 12.4 Å². The predicted octanol–water partition coefficient (Wildman–Crippen LogP) is 2.81. The van der Waals surface area contributed by atoms with Gasteiger partial charge in [-0.1, -0.05) is 20.8 Å². The van der Waals surface area contributed by atoms with Gasteiger partial charge in [-0.15, -0.1) is 0 Å². The number of aromatic nitrogens is 1. The molecule has 1 aliphatic carbocycles. The Hall–Kier alpha value is -1.05. The van der Waals surface area contributed by atoms with Gasteiger partial charge in [-0.3, -0.25) is 4.98 Å². The van der Waals surface area contributed by atoms with Crippen LogP contribution in [0.1, 0.15) is 38.3 Å². The second-order valence-electron chi connectivity index (χ2n) is 5.67. The number of rotatable bonds is 0. The van der Waals surface area contributed by atoms with Crippen molar-refractivity contribution in [2.75, 3.05) is 5.73 Å². The highest BCUT2D eigenvalue weighted by molar-refractivity contribution is 5.49. The molecular formula is C13H20N2. The Bertz CT molecular complexity index is 363. The normalized spacial score (nSPS) is 21.1. The van der Waals surface area contributed by atoms with Crippen LogP contribution in [-0.2, 0) is 12.8 Å². The second-order valence-corrected chi connectivity index (χ2v) is 5.67. The predicted molar refractivity (Wildman–Crippen MR) is 63.6 cm³/mol. The van der Waals surface area contributed by atoms with E-state index < -0.39 is 0 Å². The summed E-state index contributed by atoms with van der Waals surface area (Å²) in [6.45, 7) is 6.97. The van der Waals surface area contributed by atoms with Crippen LogP contribution >= 0.6 is 0 Å². The van der Waals surface area contributed by atoms with E-state index in [1.165, 1.54) is 17.5 Å². The highest BCUT2D eigenvalue weighted by Gasteiger charge is 2.29. The Kier molecular flexibility index (Phi) is 2.45. The van der Waals surface area contributed by atoms with Crippen molar-refractivity contribution in [3.8, 4) is 0 Å². The molecule has 2 nitrogen and oxygen atoms in total. The molecule has 0 aromatic carbocycles. The van der Waals surface area contributed by atoms with Crippen molar-refractivity contribution in [3.63, 3.8) is 0 Å². The van der Waals surface area contributed by atoms with E-state index in [0.29, 0.717) is 5.41 Å². The molecule has 0 spiro atoms. The van der Waals surface area contributed by atoms with Gasteiger partial charge in [-0.25, -0.2) is 0 Å². The van der Waals surface area contributed by atoms with Gasteiger partial charge in [0.2, 0.25) is 0 Å². The maximum Gasteiger partial charge on any atom is 0.0535 e. The zero-order chi connectivity index (χ0) is 11.1. The Morgan fingerprint density at radius 1 is 1.33 bits per heavy atom. The number of anilines is 1. The standard InChI is InChI=1S/C13H20N2/c1-13(2,3)10-4-5-11-9(6-10)7-15-8-12(11)14/h7-8,10H,4-6,14H2,1-3H3. The minimum absolute atomic E-state index is 0.391. The topological polar surface area (TPSA) is 38.9 Å². The average Bonchev–Trinajstić information content (AvgIpc) is 2.16. The van der Waals surface area contributed by atoms with Gasteiger partial charge in [0.25, 0.3) is 0 Å². The first-order valence-electron chi connectivity index (χ1n) is 5.69. The quantitative estimate of drug-likeness (QED) is 0.705. The van der Waals surface area contributed by atoms with E-state index in [1.54, 1.807) is 6.20 Å². The molecule has 1 aliphatic rings. The summed E-state index contributed by atoms with van der Waals surface area (Å²) in [6, 6.07) is 0. The average molecular weight is 204 g/mol.